The number of amides is 1. The normalized spacial score (nSPS) is 12.6. The monoisotopic (exact) mass is 578 g/mol. The van der Waals surface area contributed by atoms with Gasteiger partial charge in [-0.15, -0.1) is 0 Å². The minimum atomic E-state index is -1.94. The summed E-state index contributed by atoms with van der Waals surface area (Å²) in [5, 5.41) is 17.2. The van der Waals surface area contributed by atoms with Gasteiger partial charge >= 0.3 is 0 Å². The number of halogens is 1. The molecule has 0 aliphatic carbocycles. The number of hydrogen-bond acceptors (Lipinski definition) is 9. The topological polar surface area (TPSA) is 141 Å². The van der Waals surface area contributed by atoms with Crippen LogP contribution >= 0.6 is 11.6 Å². The van der Waals surface area contributed by atoms with Crippen LogP contribution in [0.2, 0.25) is 23.2 Å². The van der Waals surface area contributed by atoms with Crippen molar-refractivity contribution in [2.75, 3.05) is 11.9 Å². The Morgan fingerprint density at radius 3 is 2.65 bits per heavy atom. The minimum Gasteiger partial charge on any atom is -0.464 e. The predicted octanol–water partition coefficient (Wildman–Crippen LogP) is 5.32. The second-order valence-electron chi connectivity index (χ2n) is 10.7. The van der Waals surface area contributed by atoms with Gasteiger partial charge in [-0.25, -0.2) is 19.9 Å². The summed E-state index contributed by atoms with van der Waals surface area (Å²) >= 11 is 6.33. The third kappa shape index (κ3) is 6.61. The number of nitrogens with zero attached hydrogens (tertiary/aromatic N) is 7. The van der Waals surface area contributed by atoms with Crippen molar-refractivity contribution >= 4 is 42.7 Å². The Kier molecular flexibility index (Phi) is 8.78. The number of ether oxygens (including phenoxy) is 1. The quantitative estimate of drug-likeness (QED) is 0.195. The van der Waals surface area contributed by atoms with Crippen LogP contribution in [0.5, 0.6) is 5.88 Å². The molecule has 0 saturated carbocycles. The van der Waals surface area contributed by atoms with Crippen molar-refractivity contribution in [3.63, 3.8) is 0 Å². The first-order valence-electron chi connectivity index (χ1n) is 12.8. The second-order valence-corrected chi connectivity index (χ2v) is 15.9. The highest BCUT2D eigenvalue weighted by molar-refractivity contribution is 6.74. The lowest BCUT2D eigenvalue weighted by Gasteiger charge is -2.36. The van der Waals surface area contributed by atoms with Crippen molar-refractivity contribution in [3.8, 4) is 17.8 Å². The fraction of sp³-hybridized carbons (Fsp3) is 0.370. The van der Waals surface area contributed by atoms with Crippen LogP contribution in [0.1, 0.15) is 39.2 Å². The summed E-state index contributed by atoms with van der Waals surface area (Å²) in [6.45, 7) is 11.4. The molecule has 1 amide bonds. The zero-order valence-corrected chi connectivity index (χ0v) is 24.8. The number of carbonyl (C=O) groups excluding carboxylic acids is 1. The highest BCUT2D eigenvalue weighted by Crippen LogP contribution is 2.36. The third-order valence-electron chi connectivity index (χ3n) is 6.84. The third-order valence-corrected chi connectivity index (χ3v) is 11.7. The number of carbonyl (C=O) groups is 1. The zero-order valence-electron chi connectivity index (χ0n) is 23.1. The molecule has 1 N–H and O–H groups in total. The van der Waals surface area contributed by atoms with Gasteiger partial charge in [0, 0.05) is 19.0 Å². The average Bonchev–Trinajstić information content (AvgIpc) is 3.35. The van der Waals surface area contributed by atoms with Crippen LogP contribution in [0, 0.1) is 11.3 Å². The van der Waals surface area contributed by atoms with E-state index < -0.39 is 20.3 Å². The summed E-state index contributed by atoms with van der Waals surface area (Å²) in [5.41, 5.74) is 0.821. The average molecular weight is 579 g/mol. The molecule has 0 bridgehead atoms. The number of nitrogens with one attached hydrogen (secondary N) is 1. The maximum Gasteiger partial charge on any atom is 0.266 e. The molecule has 0 radical (unpaired) electrons. The van der Waals surface area contributed by atoms with E-state index in [2.05, 4.69) is 64.2 Å². The van der Waals surface area contributed by atoms with Crippen LogP contribution in [0.25, 0.3) is 16.9 Å². The van der Waals surface area contributed by atoms with E-state index in [1.807, 2.05) is 6.07 Å². The second kappa shape index (κ2) is 12.1. The number of rotatable bonds is 10. The molecule has 4 heterocycles. The molecule has 1 atom stereocenters. The van der Waals surface area contributed by atoms with Crippen LogP contribution in [-0.4, -0.2) is 56.7 Å². The molecular formula is C27H31ClN8O3Si. The zero-order chi connectivity index (χ0) is 28.9. The molecule has 13 heteroatoms. The molecule has 11 nitrogen and oxygen atoms in total. The number of fused-ring (bicyclic) bond motifs is 1. The molecule has 0 aromatic carbocycles. The molecule has 4 rings (SSSR count). The molecule has 4 aromatic rings. The summed E-state index contributed by atoms with van der Waals surface area (Å²) in [6.07, 6.45) is 5.92. The number of nitriles is 1. The van der Waals surface area contributed by atoms with E-state index in [-0.39, 0.29) is 10.9 Å². The standard InChI is InChI=1S/C27H31ClN8O3Si/c1-27(2,3)40(4,5)38-13-7-9-21(25(37)35-22-11-10-18(14-29)15-31-22)39-26-19-16-34-36(23(19)32-17-33-26)24-20(28)8-6-12-30-24/h6,8,10-12,15-17,21H,7,9,13H2,1-5H3,(H,31,35,37). The number of hydrogen-bond donors (Lipinski definition) is 1. The highest BCUT2D eigenvalue weighted by atomic mass is 35.5. The van der Waals surface area contributed by atoms with Gasteiger partial charge in [-0.2, -0.15) is 15.0 Å². The molecule has 0 saturated heterocycles. The van der Waals surface area contributed by atoms with Gasteiger partial charge in [0.25, 0.3) is 5.91 Å². The minimum absolute atomic E-state index is 0.0742. The van der Waals surface area contributed by atoms with Crippen LogP contribution in [0.15, 0.2) is 49.2 Å². The highest BCUT2D eigenvalue weighted by Gasteiger charge is 2.37. The summed E-state index contributed by atoms with van der Waals surface area (Å²) in [6, 6.07) is 8.59. The summed E-state index contributed by atoms with van der Waals surface area (Å²) in [7, 11) is -1.94. The van der Waals surface area contributed by atoms with E-state index >= 15 is 0 Å². The van der Waals surface area contributed by atoms with E-state index in [9.17, 15) is 4.79 Å². The van der Waals surface area contributed by atoms with Crippen molar-refractivity contribution in [1.29, 1.82) is 5.26 Å². The van der Waals surface area contributed by atoms with Crippen molar-refractivity contribution in [3.05, 3.63) is 59.8 Å². The lowest BCUT2D eigenvalue weighted by atomic mass is 10.2. The number of pyridine rings is 2. The number of anilines is 1. The lowest BCUT2D eigenvalue weighted by molar-refractivity contribution is -0.123. The van der Waals surface area contributed by atoms with Gasteiger partial charge in [0.05, 0.1) is 16.8 Å². The van der Waals surface area contributed by atoms with Crippen molar-refractivity contribution in [2.45, 2.75) is 57.8 Å². The van der Waals surface area contributed by atoms with E-state index in [1.165, 1.54) is 17.2 Å². The van der Waals surface area contributed by atoms with Gasteiger partial charge in [-0.3, -0.25) is 4.79 Å². The fourth-order valence-corrected chi connectivity index (χ4v) is 4.83. The van der Waals surface area contributed by atoms with Gasteiger partial charge in [-0.05, 0) is 55.2 Å². The van der Waals surface area contributed by atoms with Crippen molar-refractivity contribution in [1.82, 2.24) is 29.7 Å². The maximum atomic E-state index is 13.4. The Morgan fingerprint density at radius 2 is 1.98 bits per heavy atom. The SMILES string of the molecule is CC(C)(C)[Si](C)(C)OCCCC(Oc1ncnc2c1cnn2-c1ncccc1Cl)C(=O)Nc1ccc(C#N)cn1. The summed E-state index contributed by atoms with van der Waals surface area (Å²) in [4.78, 5) is 30.4. The van der Waals surface area contributed by atoms with E-state index in [0.717, 1.165) is 0 Å². The Morgan fingerprint density at radius 1 is 1.18 bits per heavy atom. The van der Waals surface area contributed by atoms with E-state index in [4.69, 9.17) is 26.0 Å². The van der Waals surface area contributed by atoms with E-state index in [0.29, 0.717) is 52.7 Å². The molecule has 0 fully saturated rings. The molecular weight excluding hydrogens is 548 g/mol. The Balaban J connectivity index is 1.57. The van der Waals surface area contributed by atoms with E-state index in [1.54, 1.807) is 36.7 Å². The first-order valence-corrected chi connectivity index (χ1v) is 16.1. The number of aromatic nitrogens is 6. The van der Waals surface area contributed by atoms with Gasteiger partial charge in [0.1, 0.15) is 23.6 Å². The Labute approximate surface area is 238 Å². The lowest BCUT2D eigenvalue weighted by Crippen LogP contribution is -2.41. The van der Waals surface area contributed by atoms with Gasteiger partial charge in [-0.1, -0.05) is 32.4 Å². The molecule has 40 heavy (non-hydrogen) atoms. The van der Waals surface area contributed by atoms with Crippen LogP contribution in [0.4, 0.5) is 5.82 Å². The molecule has 0 aliphatic rings. The molecule has 208 valence electrons. The van der Waals surface area contributed by atoms with Gasteiger partial charge in [0.15, 0.2) is 25.9 Å². The first-order chi connectivity index (χ1) is 19.0. The predicted molar refractivity (Wildman–Crippen MR) is 154 cm³/mol. The molecule has 1 unspecified atom stereocenters. The summed E-state index contributed by atoms with van der Waals surface area (Å²) in [5.74, 6) is 0.506. The van der Waals surface area contributed by atoms with Crippen LogP contribution in [0.3, 0.4) is 0 Å². The van der Waals surface area contributed by atoms with Gasteiger partial charge in [0.2, 0.25) is 5.88 Å². The fourth-order valence-electron chi connectivity index (χ4n) is 3.54. The molecule has 0 spiro atoms. The first kappa shape index (κ1) is 29.1. The molecule has 0 aliphatic heterocycles. The van der Waals surface area contributed by atoms with Crippen molar-refractivity contribution in [2.24, 2.45) is 0 Å². The van der Waals surface area contributed by atoms with Crippen LogP contribution < -0.4 is 10.1 Å². The maximum absolute atomic E-state index is 13.4. The van der Waals surface area contributed by atoms with Gasteiger partial charge < -0.3 is 14.5 Å². The van der Waals surface area contributed by atoms with Crippen LogP contribution in [-0.2, 0) is 9.22 Å². The van der Waals surface area contributed by atoms with Crippen molar-refractivity contribution < 1.29 is 14.0 Å². The Bertz CT molecular complexity index is 1530. The summed E-state index contributed by atoms with van der Waals surface area (Å²) < 4.78 is 14.0. The molecule has 4 aromatic heterocycles. The Hall–Kier alpha value is -3.92. The smallest absolute Gasteiger partial charge is 0.266 e. The largest absolute Gasteiger partial charge is 0.464 e.